The lowest BCUT2D eigenvalue weighted by Gasteiger charge is -2.22. The summed E-state index contributed by atoms with van der Waals surface area (Å²) in [7, 11) is 0. The van der Waals surface area contributed by atoms with Gasteiger partial charge in [0.1, 0.15) is 0 Å². The van der Waals surface area contributed by atoms with Gasteiger partial charge in [-0.25, -0.2) is 4.52 Å². The van der Waals surface area contributed by atoms with Crippen molar-refractivity contribution in [2.45, 2.75) is 18.8 Å². The first-order chi connectivity index (χ1) is 10.8. The van der Waals surface area contributed by atoms with Crippen LogP contribution in [-0.4, -0.2) is 27.7 Å². The average Bonchev–Trinajstić information content (AvgIpc) is 2.99. The Kier molecular flexibility index (Phi) is 6.47. The summed E-state index contributed by atoms with van der Waals surface area (Å²) < 4.78 is 1.80. The Labute approximate surface area is 158 Å². The molecule has 3 aromatic heterocycles. The van der Waals surface area contributed by atoms with Gasteiger partial charge < -0.3 is 5.32 Å². The molecule has 0 saturated carbocycles. The molecule has 7 heteroatoms. The van der Waals surface area contributed by atoms with E-state index in [9.17, 15) is 0 Å². The molecule has 0 spiro atoms. The number of halogens is 3. The van der Waals surface area contributed by atoms with Crippen LogP contribution in [0.5, 0.6) is 0 Å². The maximum Gasteiger partial charge on any atom is 0.0756 e. The number of nitrogens with one attached hydrogen (secondary N) is 1. The molecule has 128 valence electrons. The number of nitrogens with zero attached hydrogens (tertiary/aromatic N) is 3. The maximum atomic E-state index is 6.02. The van der Waals surface area contributed by atoms with Crippen molar-refractivity contribution in [3.8, 4) is 11.3 Å². The van der Waals surface area contributed by atoms with E-state index < -0.39 is 0 Å². The summed E-state index contributed by atoms with van der Waals surface area (Å²) in [4.78, 5) is 4.89. The van der Waals surface area contributed by atoms with Crippen molar-refractivity contribution in [2.24, 2.45) is 0 Å². The van der Waals surface area contributed by atoms with Gasteiger partial charge in [-0.3, -0.25) is 4.98 Å². The van der Waals surface area contributed by atoms with E-state index >= 15 is 0 Å². The van der Waals surface area contributed by atoms with Crippen molar-refractivity contribution >= 4 is 41.9 Å². The summed E-state index contributed by atoms with van der Waals surface area (Å²) in [5.74, 6) is 0.505. The van der Waals surface area contributed by atoms with Gasteiger partial charge in [-0.15, -0.1) is 24.8 Å². The molecule has 4 rings (SSSR count). The van der Waals surface area contributed by atoms with Crippen LogP contribution < -0.4 is 5.32 Å². The summed E-state index contributed by atoms with van der Waals surface area (Å²) in [6.07, 6.45) is 6.09. The molecule has 1 N–H and O–H groups in total. The first-order valence-corrected chi connectivity index (χ1v) is 8.00. The van der Waals surface area contributed by atoms with Crippen LogP contribution in [0.15, 0.2) is 42.7 Å². The number of rotatable bonds is 2. The Morgan fingerprint density at radius 2 is 2.04 bits per heavy atom. The molecular weight excluding hydrogens is 367 g/mol. The van der Waals surface area contributed by atoms with E-state index in [-0.39, 0.29) is 24.8 Å². The highest BCUT2D eigenvalue weighted by Crippen LogP contribution is 2.27. The molecule has 4 nitrogen and oxygen atoms in total. The predicted molar refractivity (Wildman–Crippen MR) is 103 cm³/mol. The molecule has 0 radical (unpaired) electrons. The second-order valence-corrected chi connectivity index (χ2v) is 6.16. The van der Waals surface area contributed by atoms with Gasteiger partial charge >= 0.3 is 0 Å². The van der Waals surface area contributed by atoms with Crippen molar-refractivity contribution in [2.75, 3.05) is 13.1 Å². The molecule has 1 atom stereocenters. The van der Waals surface area contributed by atoms with Gasteiger partial charge in [0, 0.05) is 29.9 Å². The third-order valence-corrected chi connectivity index (χ3v) is 4.47. The first-order valence-electron chi connectivity index (χ1n) is 7.62. The van der Waals surface area contributed by atoms with Crippen LogP contribution in [0.4, 0.5) is 0 Å². The van der Waals surface area contributed by atoms with E-state index in [4.69, 9.17) is 16.6 Å². The Balaban J connectivity index is 0.00000104. The number of aromatic nitrogens is 3. The Hall–Kier alpha value is -1.33. The second-order valence-electron chi connectivity index (χ2n) is 5.73. The molecule has 4 heterocycles. The third kappa shape index (κ3) is 3.67. The highest BCUT2D eigenvalue weighted by molar-refractivity contribution is 6.30. The molecule has 1 saturated heterocycles. The molecule has 3 aromatic rings. The summed E-state index contributed by atoms with van der Waals surface area (Å²) in [5.41, 5.74) is 4.21. The monoisotopic (exact) mass is 384 g/mol. The number of hydrogen-bond acceptors (Lipinski definition) is 3. The van der Waals surface area contributed by atoms with Crippen LogP contribution in [0.2, 0.25) is 5.02 Å². The minimum atomic E-state index is 0. The zero-order chi connectivity index (χ0) is 14.9. The topological polar surface area (TPSA) is 42.2 Å². The van der Waals surface area contributed by atoms with Crippen molar-refractivity contribution in [1.29, 1.82) is 0 Å². The van der Waals surface area contributed by atoms with Crippen LogP contribution in [0.25, 0.3) is 16.8 Å². The highest BCUT2D eigenvalue weighted by atomic mass is 35.5. The van der Waals surface area contributed by atoms with Crippen LogP contribution in [0.1, 0.15) is 24.5 Å². The lowest BCUT2D eigenvalue weighted by molar-refractivity contribution is 0.455. The van der Waals surface area contributed by atoms with Crippen molar-refractivity contribution in [1.82, 2.24) is 19.9 Å². The van der Waals surface area contributed by atoms with E-state index in [1.165, 1.54) is 12.8 Å². The number of piperidine rings is 1. The summed E-state index contributed by atoms with van der Waals surface area (Å²) >= 11 is 6.02. The standard InChI is InChI=1S/C17H17ClN4.2ClH/c18-13-6-7-17-14(10-20-22(17)11-13)16-5-1-4-15(21-16)12-3-2-8-19-9-12;;/h1,4-7,10-12,19H,2-3,8-9H2;2*1H. The van der Waals surface area contributed by atoms with E-state index in [1.807, 2.05) is 30.6 Å². The molecule has 0 aliphatic carbocycles. The lowest BCUT2D eigenvalue weighted by Crippen LogP contribution is -2.28. The summed E-state index contributed by atoms with van der Waals surface area (Å²) in [6.45, 7) is 2.13. The van der Waals surface area contributed by atoms with Gasteiger partial charge in [0.2, 0.25) is 0 Å². The van der Waals surface area contributed by atoms with E-state index in [0.717, 1.165) is 35.6 Å². The molecule has 1 fully saturated rings. The molecule has 1 unspecified atom stereocenters. The number of fused-ring (bicyclic) bond motifs is 1. The molecule has 1 aliphatic rings. The largest absolute Gasteiger partial charge is 0.316 e. The maximum absolute atomic E-state index is 6.02. The van der Waals surface area contributed by atoms with Crippen LogP contribution in [0, 0.1) is 0 Å². The highest BCUT2D eigenvalue weighted by Gasteiger charge is 2.17. The lowest BCUT2D eigenvalue weighted by atomic mass is 9.95. The number of pyridine rings is 2. The zero-order valence-corrected chi connectivity index (χ0v) is 15.4. The molecule has 0 amide bonds. The van der Waals surface area contributed by atoms with E-state index in [1.54, 1.807) is 4.52 Å². The van der Waals surface area contributed by atoms with Gasteiger partial charge in [0.25, 0.3) is 0 Å². The minimum Gasteiger partial charge on any atom is -0.316 e. The third-order valence-electron chi connectivity index (χ3n) is 4.24. The molecule has 0 bridgehead atoms. The van der Waals surface area contributed by atoms with Gasteiger partial charge in [-0.1, -0.05) is 17.7 Å². The summed E-state index contributed by atoms with van der Waals surface area (Å²) in [5, 5.41) is 8.51. The molecule has 24 heavy (non-hydrogen) atoms. The fraction of sp³-hybridized carbons (Fsp3) is 0.294. The normalized spacial score (nSPS) is 17.1. The molecule has 0 aromatic carbocycles. The van der Waals surface area contributed by atoms with Crippen molar-refractivity contribution < 1.29 is 0 Å². The average molecular weight is 386 g/mol. The van der Waals surface area contributed by atoms with Crippen molar-refractivity contribution in [3.63, 3.8) is 0 Å². The van der Waals surface area contributed by atoms with Gasteiger partial charge in [0.15, 0.2) is 0 Å². The predicted octanol–water partition coefficient (Wildman–Crippen LogP) is 4.36. The van der Waals surface area contributed by atoms with Crippen LogP contribution in [0.3, 0.4) is 0 Å². The Bertz CT molecular complexity index is 812. The Morgan fingerprint density at radius 1 is 1.17 bits per heavy atom. The van der Waals surface area contributed by atoms with Crippen molar-refractivity contribution in [3.05, 3.63) is 53.4 Å². The van der Waals surface area contributed by atoms with Gasteiger partial charge in [-0.2, -0.15) is 5.10 Å². The smallest absolute Gasteiger partial charge is 0.0756 e. The van der Waals surface area contributed by atoms with E-state index in [2.05, 4.69) is 22.5 Å². The minimum absolute atomic E-state index is 0. The van der Waals surface area contributed by atoms with E-state index in [0.29, 0.717) is 10.9 Å². The van der Waals surface area contributed by atoms with Crippen LogP contribution >= 0.6 is 36.4 Å². The van der Waals surface area contributed by atoms with Crippen LogP contribution in [-0.2, 0) is 0 Å². The quantitative estimate of drug-likeness (QED) is 0.712. The molecular formula is C17H19Cl3N4. The SMILES string of the molecule is Cl.Cl.Clc1ccc2c(-c3cccc(C4CCCNC4)n3)cnn2c1. The van der Waals surface area contributed by atoms with Gasteiger partial charge in [-0.05, 0) is 43.7 Å². The fourth-order valence-electron chi connectivity index (χ4n) is 3.09. The summed E-state index contributed by atoms with van der Waals surface area (Å²) in [6, 6.07) is 10.1. The van der Waals surface area contributed by atoms with Gasteiger partial charge in [0.05, 0.1) is 22.4 Å². The second kappa shape index (κ2) is 8.17. The first kappa shape index (κ1) is 19.0. The number of hydrogen-bond donors (Lipinski definition) is 1. The molecule has 1 aliphatic heterocycles. The zero-order valence-electron chi connectivity index (χ0n) is 13.0. The fourth-order valence-corrected chi connectivity index (χ4v) is 3.24. The Morgan fingerprint density at radius 3 is 2.83 bits per heavy atom.